The molecule has 1 aliphatic heterocycles. The quantitative estimate of drug-likeness (QED) is 0.293. The van der Waals surface area contributed by atoms with Gasteiger partial charge in [0.2, 0.25) is 5.88 Å². The number of hydrogen-bond acceptors (Lipinski definition) is 4. The molecule has 0 unspecified atom stereocenters. The first kappa shape index (κ1) is 21.9. The molecule has 0 spiro atoms. The first-order valence-corrected chi connectivity index (χ1v) is 10.0. The third-order valence-electron chi connectivity index (χ3n) is 5.56. The van der Waals surface area contributed by atoms with E-state index in [2.05, 4.69) is 5.01 Å². The Morgan fingerprint density at radius 1 is 0.844 bits per heavy atom. The fraction of sp³-hybridized carbons (Fsp3) is 0.120. The molecular weight excluding hydrogens is 517 g/mol. The molecular formula is C25H22IN3O3. The molecule has 0 saturated carbocycles. The number of benzene rings is 3. The highest BCUT2D eigenvalue weighted by molar-refractivity contribution is 5.99. The van der Waals surface area contributed by atoms with E-state index in [0.29, 0.717) is 22.9 Å². The summed E-state index contributed by atoms with van der Waals surface area (Å²) in [6.07, 6.45) is 0. The van der Waals surface area contributed by atoms with E-state index < -0.39 is 0 Å². The molecule has 162 valence electrons. The van der Waals surface area contributed by atoms with Crippen molar-refractivity contribution in [3.8, 4) is 17.3 Å². The van der Waals surface area contributed by atoms with Gasteiger partial charge in [0.1, 0.15) is 11.4 Å². The van der Waals surface area contributed by atoms with Crippen LogP contribution in [0.3, 0.4) is 0 Å². The predicted molar refractivity (Wildman–Crippen MR) is 122 cm³/mol. The summed E-state index contributed by atoms with van der Waals surface area (Å²) in [5, 5.41) is 3.53. The summed E-state index contributed by atoms with van der Waals surface area (Å²) in [4.78, 5) is 13.6. The van der Waals surface area contributed by atoms with Crippen LogP contribution in [0.5, 0.6) is 11.6 Å². The monoisotopic (exact) mass is 539 g/mol. The molecule has 0 N–H and O–H groups in total. The number of fused-ring (bicyclic) bond motifs is 3. The Morgan fingerprint density at radius 2 is 1.47 bits per heavy atom. The van der Waals surface area contributed by atoms with E-state index in [0.717, 1.165) is 22.5 Å². The predicted octanol–water partition coefficient (Wildman–Crippen LogP) is 1.51. The van der Waals surface area contributed by atoms with Gasteiger partial charge in [-0.05, 0) is 42.5 Å². The minimum atomic E-state index is -0.134. The first-order valence-electron chi connectivity index (χ1n) is 10.0. The molecule has 7 heteroatoms. The van der Waals surface area contributed by atoms with Gasteiger partial charge in [0.25, 0.3) is 5.56 Å². The van der Waals surface area contributed by atoms with Crippen LogP contribution in [0.15, 0.2) is 83.7 Å². The SMILES string of the molecule is COc1ccc(-n2c3c(c4ccccc4c2=O)N(c2ccccc2)[N+](C)=C(C)O3)cc1.[I-]. The van der Waals surface area contributed by atoms with Crippen LogP contribution in [0.25, 0.3) is 16.5 Å². The van der Waals surface area contributed by atoms with Gasteiger partial charge in [-0.15, -0.1) is 5.01 Å². The summed E-state index contributed by atoms with van der Waals surface area (Å²) in [5.74, 6) is 1.86. The average molecular weight is 539 g/mol. The first-order chi connectivity index (χ1) is 15.1. The molecule has 1 aliphatic rings. The van der Waals surface area contributed by atoms with Crippen molar-refractivity contribution in [1.29, 1.82) is 0 Å². The van der Waals surface area contributed by atoms with Crippen LogP contribution in [0, 0.1) is 0 Å². The highest BCUT2D eigenvalue weighted by atomic mass is 127. The Balaban J connectivity index is 0.00000245. The number of para-hydroxylation sites is 1. The fourth-order valence-electron chi connectivity index (χ4n) is 3.94. The van der Waals surface area contributed by atoms with Crippen molar-refractivity contribution in [2.45, 2.75) is 6.92 Å². The van der Waals surface area contributed by atoms with E-state index in [1.807, 2.05) is 97.5 Å². The van der Waals surface area contributed by atoms with Crippen LogP contribution in [-0.4, -0.2) is 29.3 Å². The molecule has 6 nitrogen and oxygen atoms in total. The maximum Gasteiger partial charge on any atom is 0.369 e. The summed E-state index contributed by atoms with van der Waals surface area (Å²) in [6.45, 7) is 1.89. The fourth-order valence-corrected chi connectivity index (χ4v) is 3.94. The second-order valence-corrected chi connectivity index (χ2v) is 7.33. The summed E-state index contributed by atoms with van der Waals surface area (Å²) in [5.41, 5.74) is 2.35. The number of anilines is 2. The Kier molecular flexibility index (Phi) is 5.92. The molecule has 0 bridgehead atoms. The smallest absolute Gasteiger partial charge is 0.369 e. The second kappa shape index (κ2) is 8.66. The van der Waals surface area contributed by atoms with Crippen molar-refractivity contribution >= 4 is 28.0 Å². The minimum absolute atomic E-state index is 0. The molecule has 4 aromatic rings. The molecule has 5 rings (SSSR count). The molecule has 1 aromatic heterocycles. The van der Waals surface area contributed by atoms with E-state index in [1.165, 1.54) is 0 Å². The maximum absolute atomic E-state index is 13.6. The largest absolute Gasteiger partial charge is 1.00 e. The van der Waals surface area contributed by atoms with Gasteiger partial charge in [0.05, 0.1) is 25.1 Å². The zero-order chi connectivity index (χ0) is 21.5. The van der Waals surface area contributed by atoms with Crippen molar-refractivity contribution in [1.82, 2.24) is 4.57 Å². The molecule has 0 radical (unpaired) electrons. The number of ether oxygens (including phenoxy) is 2. The molecule has 0 atom stereocenters. The minimum Gasteiger partial charge on any atom is -1.00 e. The Labute approximate surface area is 202 Å². The molecule has 32 heavy (non-hydrogen) atoms. The Bertz CT molecular complexity index is 1380. The molecule has 3 aromatic carbocycles. The van der Waals surface area contributed by atoms with Crippen molar-refractivity contribution in [3.05, 3.63) is 89.2 Å². The van der Waals surface area contributed by atoms with E-state index in [4.69, 9.17) is 9.47 Å². The van der Waals surface area contributed by atoms with Gasteiger partial charge < -0.3 is 33.5 Å². The molecule has 2 heterocycles. The maximum atomic E-state index is 13.6. The van der Waals surface area contributed by atoms with Crippen LogP contribution < -0.4 is 44.0 Å². The van der Waals surface area contributed by atoms with Crippen molar-refractivity contribution < 1.29 is 38.1 Å². The van der Waals surface area contributed by atoms with Crippen molar-refractivity contribution in [2.24, 2.45) is 0 Å². The number of hydrazine groups is 1. The van der Waals surface area contributed by atoms with E-state index >= 15 is 0 Å². The highest BCUT2D eigenvalue weighted by Crippen LogP contribution is 2.42. The van der Waals surface area contributed by atoms with Gasteiger partial charge in [-0.25, -0.2) is 4.57 Å². The van der Waals surface area contributed by atoms with Crippen molar-refractivity contribution in [2.75, 3.05) is 19.2 Å². The lowest BCUT2D eigenvalue weighted by Gasteiger charge is -2.28. The topological polar surface area (TPSA) is 46.7 Å². The summed E-state index contributed by atoms with van der Waals surface area (Å²) >= 11 is 0. The third-order valence-corrected chi connectivity index (χ3v) is 5.56. The van der Waals surface area contributed by atoms with Crippen LogP contribution in [0.4, 0.5) is 11.4 Å². The van der Waals surface area contributed by atoms with Crippen molar-refractivity contribution in [3.63, 3.8) is 0 Å². The molecule has 0 saturated heterocycles. The zero-order valence-corrected chi connectivity index (χ0v) is 20.1. The third kappa shape index (κ3) is 3.42. The number of halogens is 1. The van der Waals surface area contributed by atoms with Gasteiger partial charge in [-0.1, -0.05) is 41.1 Å². The van der Waals surface area contributed by atoms with Crippen LogP contribution in [0.1, 0.15) is 6.92 Å². The second-order valence-electron chi connectivity index (χ2n) is 7.33. The Morgan fingerprint density at radius 3 is 2.12 bits per heavy atom. The van der Waals surface area contributed by atoms with Crippen LogP contribution in [0.2, 0.25) is 0 Å². The number of methoxy groups -OCH3 is 1. The average Bonchev–Trinajstić information content (AvgIpc) is 2.81. The molecule has 0 aliphatic carbocycles. The molecule has 0 amide bonds. The van der Waals surface area contributed by atoms with E-state index in [9.17, 15) is 4.79 Å². The van der Waals surface area contributed by atoms with Gasteiger partial charge in [0, 0.05) is 5.39 Å². The number of hydrazone groups is 1. The van der Waals surface area contributed by atoms with Crippen LogP contribution in [-0.2, 0) is 0 Å². The van der Waals surface area contributed by atoms with Gasteiger partial charge in [-0.3, -0.25) is 4.79 Å². The number of pyridine rings is 1. The van der Waals surface area contributed by atoms with E-state index in [-0.39, 0.29) is 29.5 Å². The lowest BCUT2D eigenvalue weighted by Crippen LogP contribution is -3.00. The van der Waals surface area contributed by atoms with E-state index in [1.54, 1.807) is 11.7 Å². The van der Waals surface area contributed by atoms with Gasteiger partial charge in [-0.2, -0.15) is 0 Å². The zero-order valence-electron chi connectivity index (χ0n) is 17.9. The lowest BCUT2D eigenvalue weighted by molar-refractivity contribution is -0.510. The number of rotatable bonds is 3. The normalized spacial score (nSPS) is 12.8. The summed E-state index contributed by atoms with van der Waals surface area (Å²) < 4.78 is 15.1. The number of nitrogens with zero attached hydrogens (tertiary/aromatic N) is 3. The molecule has 0 fully saturated rings. The summed E-state index contributed by atoms with van der Waals surface area (Å²) in [6, 6.07) is 25.1. The van der Waals surface area contributed by atoms with Gasteiger partial charge in [0.15, 0.2) is 12.7 Å². The Hall–Kier alpha value is -3.33. The summed E-state index contributed by atoms with van der Waals surface area (Å²) in [7, 11) is 3.57. The lowest BCUT2D eigenvalue weighted by atomic mass is 10.1. The number of hydrogen-bond donors (Lipinski definition) is 0. The number of aromatic nitrogens is 1. The van der Waals surface area contributed by atoms with Gasteiger partial charge >= 0.3 is 5.90 Å². The standard InChI is InChI=1S/C25H22N3O3.HI/c1-17-26(2)28(19-9-5-4-6-10-19)23-21-11-7-8-12-22(21)24(29)27(25(23)31-17)18-13-15-20(30-3)16-14-18;/h4-16H,1-3H3;1H/q+1;/p-1. The van der Waals surface area contributed by atoms with Crippen LogP contribution >= 0.6 is 0 Å². The highest BCUT2D eigenvalue weighted by Gasteiger charge is 2.36.